The molecule has 0 aromatic heterocycles. The summed E-state index contributed by atoms with van der Waals surface area (Å²) in [5.41, 5.74) is 2.57. The van der Waals surface area contributed by atoms with Crippen molar-refractivity contribution in [3.05, 3.63) is 29.3 Å². The number of rotatable bonds is 5. The molecule has 16 heavy (non-hydrogen) atoms. The Balaban J connectivity index is 2.89. The van der Waals surface area contributed by atoms with Crippen LogP contribution in [0.25, 0.3) is 0 Å². The molecule has 0 saturated heterocycles. The van der Waals surface area contributed by atoms with Gasteiger partial charge in [0.2, 0.25) is 0 Å². The Morgan fingerprint density at radius 1 is 1.31 bits per heavy atom. The smallest absolute Gasteiger partial charge is 0.122 e. The van der Waals surface area contributed by atoms with Gasteiger partial charge in [-0.15, -0.1) is 0 Å². The molecule has 0 heterocycles. The van der Waals surface area contributed by atoms with Gasteiger partial charge >= 0.3 is 0 Å². The molecular formula is C14H23NO. The summed E-state index contributed by atoms with van der Waals surface area (Å²) < 4.78 is 5.40. The van der Waals surface area contributed by atoms with Crippen molar-refractivity contribution in [1.29, 1.82) is 0 Å². The molecule has 0 saturated carbocycles. The third kappa shape index (κ3) is 3.24. The standard InChI is InChI=1S/C14H23NO/c1-10(2)13(15-4)9-12-8-11(3)6-7-14(12)16-5/h6-8,10,13,15H,9H2,1-5H3. The molecule has 0 spiro atoms. The first-order valence-corrected chi connectivity index (χ1v) is 5.89. The van der Waals surface area contributed by atoms with Gasteiger partial charge in [0.1, 0.15) is 5.75 Å². The summed E-state index contributed by atoms with van der Waals surface area (Å²) >= 11 is 0. The Kier molecular flexibility index (Phi) is 4.81. The molecule has 1 atom stereocenters. The van der Waals surface area contributed by atoms with Crippen molar-refractivity contribution in [3.63, 3.8) is 0 Å². The van der Waals surface area contributed by atoms with Gasteiger partial charge in [-0.3, -0.25) is 0 Å². The lowest BCUT2D eigenvalue weighted by molar-refractivity contribution is 0.391. The van der Waals surface area contributed by atoms with E-state index in [0.717, 1.165) is 12.2 Å². The average Bonchev–Trinajstić information content (AvgIpc) is 2.25. The molecule has 0 aliphatic heterocycles. The Hall–Kier alpha value is -1.02. The summed E-state index contributed by atoms with van der Waals surface area (Å²) in [4.78, 5) is 0. The highest BCUT2D eigenvalue weighted by Crippen LogP contribution is 2.22. The van der Waals surface area contributed by atoms with Crippen LogP contribution in [0.2, 0.25) is 0 Å². The van der Waals surface area contributed by atoms with Gasteiger partial charge < -0.3 is 10.1 Å². The Morgan fingerprint density at radius 3 is 2.50 bits per heavy atom. The third-order valence-corrected chi connectivity index (χ3v) is 3.05. The van der Waals surface area contributed by atoms with Crippen molar-refractivity contribution in [2.24, 2.45) is 5.92 Å². The van der Waals surface area contributed by atoms with E-state index in [1.54, 1.807) is 7.11 Å². The van der Waals surface area contributed by atoms with Crippen molar-refractivity contribution in [2.45, 2.75) is 33.2 Å². The molecular weight excluding hydrogens is 198 g/mol. The molecule has 1 aromatic rings. The average molecular weight is 221 g/mol. The van der Waals surface area contributed by atoms with E-state index < -0.39 is 0 Å². The lowest BCUT2D eigenvalue weighted by atomic mass is 9.95. The predicted molar refractivity (Wildman–Crippen MR) is 69.1 cm³/mol. The maximum Gasteiger partial charge on any atom is 0.122 e. The zero-order chi connectivity index (χ0) is 12.1. The van der Waals surface area contributed by atoms with Gasteiger partial charge in [0.05, 0.1) is 7.11 Å². The molecule has 2 heteroatoms. The molecule has 1 rings (SSSR count). The number of aryl methyl sites for hydroxylation is 1. The summed E-state index contributed by atoms with van der Waals surface area (Å²) in [5, 5.41) is 3.37. The van der Waals surface area contributed by atoms with Crippen LogP contribution in [0, 0.1) is 12.8 Å². The summed E-state index contributed by atoms with van der Waals surface area (Å²) in [6.45, 7) is 6.60. The third-order valence-electron chi connectivity index (χ3n) is 3.05. The number of likely N-dealkylation sites (N-methyl/N-ethyl adjacent to an activating group) is 1. The number of ether oxygens (including phenoxy) is 1. The topological polar surface area (TPSA) is 21.3 Å². The van der Waals surface area contributed by atoms with Gasteiger partial charge in [-0.1, -0.05) is 31.5 Å². The fourth-order valence-corrected chi connectivity index (χ4v) is 1.97. The van der Waals surface area contributed by atoms with Crippen molar-refractivity contribution in [1.82, 2.24) is 5.32 Å². The quantitative estimate of drug-likeness (QED) is 0.825. The van der Waals surface area contributed by atoms with Gasteiger partial charge in [-0.05, 0) is 37.9 Å². The summed E-state index contributed by atoms with van der Waals surface area (Å²) in [6, 6.07) is 6.85. The van der Waals surface area contributed by atoms with Crippen molar-refractivity contribution < 1.29 is 4.74 Å². The molecule has 1 aromatic carbocycles. The lowest BCUT2D eigenvalue weighted by Gasteiger charge is -2.21. The van der Waals surface area contributed by atoms with E-state index in [4.69, 9.17) is 4.74 Å². The zero-order valence-electron chi connectivity index (χ0n) is 11.0. The number of nitrogens with one attached hydrogen (secondary N) is 1. The predicted octanol–water partition coefficient (Wildman–Crippen LogP) is 2.79. The zero-order valence-corrected chi connectivity index (χ0v) is 11.0. The first kappa shape index (κ1) is 13.0. The van der Waals surface area contributed by atoms with Gasteiger partial charge in [0.15, 0.2) is 0 Å². The Morgan fingerprint density at radius 2 is 2.00 bits per heavy atom. The molecule has 0 aliphatic rings. The fraction of sp³-hybridized carbons (Fsp3) is 0.571. The van der Waals surface area contributed by atoms with Crippen molar-refractivity contribution >= 4 is 0 Å². The first-order valence-electron chi connectivity index (χ1n) is 5.89. The van der Waals surface area contributed by atoms with Crippen molar-refractivity contribution in [2.75, 3.05) is 14.2 Å². The number of benzene rings is 1. The van der Waals surface area contributed by atoms with E-state index in [1.807, 2.05) is 7.05 Å². The minimum atomic E-state index is 0.496. The van der Waals surface area contributed by atoms with Crippen LogP contribution in [0.3, 0.4) is 0 Å². The second kappa shape index (κ2) is 5.90. The molecule has 0 fully saturated rings. The van der Waals surface area contributed by atoms with E-state index >= 15 is 0 Å². The number of hydrogen-bond donors (Lipinski definition) is 1. The van der Waals surface area contributed by atoms with Crippen LogP contribution < -0.4 is 10.1 Å². The summed E-state index contributed by atoms with van der Waals surface area (Å²) in [6.07, 6.45) is 1.01. The molecule has 1 N–H and O–H groups in total. The van der Waals surface area contributed by atoms with Crippen LogP contribution in [-0.2, 0) is 6.42 Å². The molecule has 1 unspecified atom stereocenters. The van der Waals surface area contributed by atoms with Gasteiger partial charge in [-0.2, -0.15) is 0 Å². The molecule has 0 aliphatic carbocycles. The summed E-state index contributed by atoms with van der Waals surface area (Å²) in [5.74, 6) is 1.61. The minimum Gasteiger partial charge on any atom is -0.496 e. The van der Waals surface area contributed by atoms with Crippen molar-refractivity contribution in [3.8, 4) is 5.75 Å². The van der Waals surface area contributed by atoms with E-state index in [9.17, 15) is 0 Å². The van der Waals surface area contributed by atoms with Crippen LogP contribution in [0.5, 0.6) is 5.75 Å². The molecule has 0 radical (unpaired) electrons. The fourth-order valence-electron chi connectivity index (χ4n) is 1.97. The van der Waals surface area contributed by atoms with E-state index in [0.29, 0.717) is 12.0 Å². The highest BCUT2D eigenvalue weighted by molar-refractivity contribution is 5.37. The second-order valence-corrected chi connectivity index (χ2v) is 4.66. The van der Waals surface area contributed by atoms with Crippen LogP contribution >= 0.6 is 0 Å². The van der Waals surface area contributed by atoms with Gasteiger partial charge in [0.25, 0.3) is 0 Å². The van der Waals surface area contributed by atoms with Crippen LogP contribution in [0.15, 0.2) is 18.2 Å². The van der Waals surface area contributed by atoms with Gasteiger partial charge in [-0.25, -0.2) is 0 Å². The van der Waals surface area contributed by atoms with Crippen LogP contribution in [0.1, 0.15) is 25.0 Å². The maximum absolute atomic E-state index is 5.40. The monoisotopic (exact) mass is 221 g/mol. The lowest BCUT2D eigenvalue weighted by Crippen LogP contribution is -2.32. The highest BCUT2D eigenvalue weighted by Gasteiger charge is 2.14. The van der Waals surface area contributed by atoms with E-state index in [2.05, 4.69) is 44.3 Å². The van der Waals surface area contributed by atoms with Crippen LogP contribution in [-0.4, -0.2) is 20.2 Å². The van der Waals surface area contributed by atoms with E-state index in [-0.39, 0.29) is 0 Å². The molecule has 2 nitrogen and oxygen atoms in total. The first-order chi connectivity index (χ1) is 7.58. The minimum absolute atomic E-state index is 0.496. The number of methoxy groups -OCH3 is 1. The van der Waals surface area contributed by atoms with Gasteiger partial charge in [0, 0.05) is 6.04 Å². The Labute approximate surface area is 99.0 Å². The molecule has 0 amide bonds. The summed E-state index contributed by atoms with van der Waals surface area (Å²) in [7, 11) is 3.75. The Bertz CT molecular complexity index is 334. The largest absolute Gasteiger partial charge is 0.496 e. The number of hydrogen-bond acceptors (Lipinski definition) is 2. The van der Waals surface area contributed by atoms with E-state index in [1.165, 1.54) is 11.1 Å². The maximum atomic E-state index is 5.40. The second-order valence-electron chi connectivity index (χ2n) is 4.66. The highest BCUT2D eigenvalue weighted by atomic mass is 16.5. The molecule has 90 valence electrons. The van der Waals surface area contributed by atoms with Crippen LogP contribution in [0.4, 0.5) is 0 Å². The SMILES string of the molecule is CNC(Cc1cc(C)ccc1OC)C(C)C. The molecule has 0 bridgehead atoms. The normalized spacial score (nSPS) is 12.9.